The Labute approximate surface area is 116 Å². The van der Waals surface area contributed by atoms with Crippen LogP contribution in [0.25, 0.3) is 11.1 Å². The van der Waals surface area contributed by atoms with E-state index in [-0.39, 0.29) is 5.82 Å². The van der Waals surface area contributed by atoms with E-state index in [9.17, 15) is 4.39 Å². The number of hydrogen-bond donors (Lipinski definition) is 2. The fourth-order valence-corrected chi connectivity index (χ4v) is 2.45. The van der Waals surface area contributed by atoms with Crippen LogP contribution in [0.4, 0.5) is 15.8 Å². The summed E-state index contributed by atoms with van der Waals surface area (Å²) < 4.78 is 19.6. The Bertz CT molecular complexity index is 579. The van der Waals surface area contributed by atoms with Crippen LogP contribution in [-0.2, 0) is 4.74 Å². The summed E-state index contributed by atoms with van der Waals surface area (Å²) in [6.07, 6.45) is 3.32. The number of morpholine rings is 1. The number of nitrogens with zero attached hydrogens (tertiary/aromatic N) is 2. The molecular formula is C14H17FN4O. The Hall–Kier alpha value is -2.08. The molecule has 0 aliphatic carbocycles. The van der Waals surface area contributed by atoms with E-state index in [1.165, 1.54) is 6.07 Å². The molecule has 0 saturated carbocycles. The molecule has 6 heteroatoms. The molecule has 3 rings (SSSR count). The van der Waals surface area contributed by atoms with Gasteiger partial charge in [-0.25, -0.2) is 4.39 Å². The number of aromatic nitrogens is 2. The summed E-state index contributed by atoms with van der Waals surface area (Å²) in [5, 5.41) is 9.66. The van der Waals surface area contributed by atoms with Crippen LogP contribution < -0.4 is 10.2 Å². The van der Waals surface area contributed by atoms with Gasteiger partial charge in [-0.3, -0.25) is 5.10 Å². The molecule has 2 N–H and O–H groups in total. The maximum Gasteiger partial charge on any atom is 0.133 e. The van der Waals surface area contributed by atoms with Crippen molar-refractivity contribution in [2.75, 3.05) is 43.6 Å². The minimum atomic E-state index is -0.257. The Kier molecular flexibility index (Phi) is 3.56. The summed E-state index contributed by atoms with van der Waals surface area (Å²) in [5.41, 5.74) is 3.09. The molecule has 1 aromatic carbocycles. The average Bonchev–Trinajstić information content (AvgIpc) is 3.02. The number of nitrogens with one attached hydrogen (secondary N) is 2. The van der Waals surface area contributed by atoms with E-state index in [0.29, 0.717) is 18.8 Å². The topological polar surface area (TPSA) is 53.2 Å². The highest BCUT2D eigenvalue weighted by molar-refractivity contribution is 5.78. The number of aromatic amines is 1. The van der Waals surface area contributed by atoms with Crippen LogP contribution in [0.15, 0.2) is 24.5 Å². The van der Waals surface area contributed by atoms with Crippen molar-refractivity contribution in [3.8, 4) is 11.1 Å². The lowest BCUT2D eigenvalue weighted by Crippen LogP contribution is -2.36. The molecule has 106 valence electrons. The third-order valence-electron chi connectivity index (χ3n) is 3.52. The molecule has 1 aromatic heterocycles. The van der Waals surface area contributed by atoms with Crippen molar-refractivity contribution in [3.63, 3.8) is 0 Å². The summed E-state index contributed by atoms with van der Waals surface area (Å²) in [4.78, 5) is 2.21. The molecule has 0 bridgehead atoms. The van der Waals surface area contributed by atoms with Crippen molar-refractivity contribution in [1.82, 2.24) is 10.2 Å². The first-order valence-corrected chi connectivity index (χ1v) is 6.62. The zero-order valence-corrected chi connectivity index (χ0v) is 11.3. The second kappa shape index (κ2) is 5.50. The van der Waals surface area contributed by atoms with Gasteiger partial charge in [-0.2, -0.15) is 5.10 Å². The molecule has 2 aromatic rings. The van der Waals surface area contributed by atoms with Crippen LogP contribution in [0.5, 0.6) is 0 Å². The van der Waals surface area contributed by atoms with Gasteiger partial charge in [0, 0.05) is 37.5 Å². The van der Waals surface area contributed by atoms with Gasteiger partial charge in [-0.1, -0.05) is 0 Å². The molecule has 1 fully saturated rings. The van der Waals surface area contributed by atoms with E-state index >= 15 is 0 Å². The summed E-state index contributed by atoms with van der Waals surface area (Å²) in [6.45, 7) is 3.01. The van der Waals surface area contributed by atoms with Crippen molar-refractivity contribution in [1.29, 1.82) is 0 Å². The average molecular weight is 276 g/mol. The number of anilines is 2. The summed E-state index contributed by atoms with van der Waals surface area (Å²) in [7, 11) is 1.80. The minimum Gasteiger partial charge on any atom is -0.386 e. The lowest BCUT2D eigenvalue weighted by atomic mass is 10.1. The van der Waals surface area contributed by atoms with E-state index in [0.717, 1.165) is 30.0 Å². The predicted molar refractivity (Wildman–Crippen MR) is 76.6 cm³/mol. The molecule has 1 aliphatic heterocycles. The van der Waals surface area contributed by atoms with Crippen LogP contribution in [0.1, 0.15) is 0 Å². The Balaban J connectivity index is 2.04. The van der Waals surface area contributed by atoms with Gasteiger partial charge in [0.25, 0.3) is 0 Å². The molecule has 0 atom stereocenters. The second-order valence-corrected chi connectivity index (χ2v) is 4.69. The highest BCUT2D eigenvalue weighted by Crippen LogP contribution is 2.34. The van der Waals surface area contributed by atoms with Crippen LogP contribution in [-0.4, -0.2) is 43.5 Å². The zero-order valence-electron chi connectivity index (χ0n) is 11.3. The van der Waals surface area contributed by atoms with Gasteiger partial charge >= 0.3 is 0 Å². The number of hydrogen-bond acceptors (Lipinski definition) is 4. The van der Waals surface area contributed by atoms with E-state index < -0.39 is 0 Å². The lowest BCUT2D eigenvalue weighted by Gasteiger charge is -2.31. The molecule has 5 nitrogen and oxygen atoms in total. The molecule has 20 heavy (non-hydrogen) atoms. The lowest BCUT2D eigenvalue weighted by molar-refractivity contribution is 0.123. The Morgan fingerprint density at radius 1 is 1.35 bits per heavy atom. The molecule has 0 unspecified atom stereocenters. The summed E-state index contributed by atoms with van der Waals surface area (Å²) in [5.74, 6) is -0.257. The maximum atomic E-state index is 14.2. The molecule has 1 aliphatic rings. The summed E-state index contributed by atoms with van der Waals surface area (Å²) >= 11 is 0. The predicted octanol–water partition coefficient (Wildman–Crippen LogP) is 2.09. The van der Waals surface area contributed by atoms with Gasteiger partial charge in [0.2, 0.25) is 0 Å². The number of ether oxygens (including phenoxy) is 1. The van der Waals surface area contributed by atoms with Crippen LogP contribution in [0.2, 0.25) is 0 Å². The molecule has 0 spiro atoms. The first kappa shape index (κ1) is 12.9. The zero-order chi connectivity index (χ0) is 13.9. The van der Waals surface area contributed by atoms with Gasteiger partial charge in [0.1, 0.15) is 5.82 Å². The van der Waals surface area contributed by atoms with Crippen LogP contribution in [0.3, 0.4) is 0 Å². The van der Waals surface area contributed by atoms with Gasteiger partial charge < -0.3 is 15.0 Å². The van der Waals surface area contributed by atoms with Gasteiger partial charge in [0.15, 0.2) is 0 Å². The van der Waals surface area contributed by atoms with Crippen molar-refractivity contribution < 1.29 is 9.13 Å². The first-order chi connectivity index (χ1) is 9.79. The molecule has 1 saturated heterocycles. The van der Waals surface area contributed by atoms with Crippen molar-refractivity contribution in [3.05, 3.63) is 30.3 Å². The van der Waals surface area contributed by atoms with E-state index in [1.54, 1.807) is 19.4 Å². The largest absolute Gasteiger partial charge is 0.386 e. The monoisotopic (exact) mass is 276 g/mol. The van der Waals surface area contributed by atoms with Gasteiger partial charge in [-0.05, 0) is 12.1 Å². The number of halogens is 1. The third-order valence-corrected chi connectivity index (χ3v) is 3.52. The van der Waals surface area contributed by atoms with Crippen LogP contribution in [0, 0.1) is 5.82 Å². The molecule has 0 radical (unpaired) electrons. The Morgan fingerprint density at radius 3 is 2.80 bits per heavy atom. The van der Waals surface area contributed by atoms with Crippen molar-refractivity contribution in [2.45, 2.75) is 0 Å². The number of benzene rings is 1. The SMILES string of the molecule is CNc1cc(F)c(-c2cn[nH]c2)cc1N1CCOCC1. The van der Waals surface area contributed by atoms with Gasteiger partial charge in [0.05, 0.1) is 30.8 Å². The molecular weight excluding hydrogens is 259 g/mol. The minimum absolute atomic E-state index is 0.257. The fraction of sp³-hybridized carbons (Fsp3) is 0.357. The van der Waals surface area contributed by atoms with Crippen LogP contribution >= 0.6 is 0 Å². The number of rotatable bonds is 3. The van der Waals surface area contributed by atoms with E-state index in [4.69, 9.17) is 4.74 Å². The highest BCUT2D eigenvalue weighted by Gasteiger charge is 2.18. The van der Waals surface area contributed by atoms with Crippen molar-refractivity contribution >= 4 is 11.4 Å². The highest BCUT2D eigenvalue weighted by atomic mass is 19.1. The Morgan fingerprint density at radius 2 is 2.15 bits per heavy atom. The standard InChI is InChI=1S/C14H17FN4O/c1-16-13-7-12(15)11(10-8-17-18-9-10)6-14(13)19-2-4-20-5-3-19/h6-9,16H,2-5H2,1H3,(H,17,18). The number of H-pyrrole nitrogens is 1. The van der Waals surface area contributed by atoms with Gasteiger partial charge in [-0.15, -0.1) is 0 Å². The van der Waals surface area contributed by atoms with E-state index in [2.05, 4.69) is 20.4 Å². The molecule has 2 heterocycles. The first-order valence-electron chi connectivity index (χ1n) is 6.62. The molecule has 0 amide bonds. The third kappa shape index (κ3) is 2.34. The maximum absolute atomic E-state index is 14.2. The normalized spacial score (nSPS) is 15.4. The smallest absolute Gasteiger partial charge is 0.133 e. The quantitative estimate of drug-likeness (QED) is 0.901. The second-order valence-electron chi connectivity index (χ2n) is 4.69. The fourth-order valence-electron chi connectivity index (χ4n) is 2.45. The summed E-state index contributed by atoms with van der Waals surface area (Å²) in [6, 6.07) is 3.41. The van der Waals surface area contributed by atoms with Crippen molar-refractivity contribution in [2.24, 2.45) is 0 Å². The van der Waals surface area contributed by atoms with E-state index in [1.807, 2.05) is 6.07 Å².